The van der Waals surface area contributed by atoms with Crippen LogP contribution in [-0.4, -0.2) is 16.8 Å². The van der Waals surface area contributed by atoms with Gasteiger partial charge >= 0.3 is 0 Å². The predicted octanol–water partition coefficient (Wildman–Crippen LogP) is 6.28. The third-order valence-corrected chi connectivity index (χ3v) is 6.73. The molecule has 3 aromatic rings. The fourth-order valence-electron chi connectivity index (χ4n) is 3.31. The first-order chi connectivity index (χ1) is 12.3. The van der Waals surface area contributed by atoms with Crippen molar-refractivity contribution in [1.29, 1.82) is 0 Å². The highest BCUT2D eigenvalue weighted by atomic mass is 32.2. The smallest absolute Gasteiger partial charge is 0.207 e. The van der Waals surface area contributed by atoms with Gasteiger partial charge in [0.1, 0.15) is 12.4 Å². The van der Waals surface area contributed by atoms with E-state index in [9.17, 15) is 4.39 Å². The molecule has 1 nitrogen and oxygen atoms in total. The Hall–Kier alpha value is -1.91. The standard InChI is InChI=1S/C21H19FNS2/c1-2-23-17-6-3-4-7-20(17)25-21(15-9-11-16(22)12-10-15)14-18(23)19-8-5-13-24-19/h3-13,21H,2,14H2,1H3/q+1. The molecule has 0 aliphatic carbocycles. The molecule has 126 valence electrons. The first-order valence-electron chi connectivity index (χ1n) is 8.44. The maximum absolute atomic E-state index is 13.4. The van der Waals surface area contributed by atoms with Crippen LogP contribution in [0.1, 0.15) is 29.0 Å². The summed E-state index contributed by atoms with van der Waals surface area (Å²) in [6, 6.07) is 19.9. The summed E-state index contributed by atoms with van der Waals surface area (Å²) in [5, 5.41) is 2.41. The summed E-state index contributed by atoms with van der Waals surface area (Å²) < 4.78 is 15.8. The van der Waals surface area contributed by atoms with E-state index in [1.54, 1.807) is 23.5 Å². The Morgan fingerprint density at radius 3 is 2.56 bits per heavy atom. The number of hydrogen-bond acceptors (Lipinski definition) is 2. The molecular weight excluding hydrogens is 349 g/mol. The van der Waals surface area contributed by atoms with E-state index < -0.39 is 0 Å². The van der Waals surface area contributed by atoms with Crippen LogP contribution < -0.4 is 0 Å². The Morgan fingerprint density at radius 2 is 1.84 bits per heavy atom. The molecule has 2 heterocycles. The van der Waals surface area contributed by atoms with Gasteiger partial charge in [0.15, 0.2) is 0 Å². The van der Waals surface area contributed by atoms with Crippen molar-refractivity contribution in [3.8, 4) is 0 Å². The Labute approximate surface area is 155 Å². The molecule has 0 N–H and O–H groups in total. The lowest BCUT2D eigenvalue weighted by Gasteiger charge is -2.13. The molecule has 0 saturated heterocycles. The molecule has 0 spiro atoms. The average Bonchev–Trinajstić information content (AvgIpc) is 3.11. The van der Waals surface area contributed by atoms with Crippen LogP contribution in [0.4, 0.5) is 10.1 Å². The SMILES string of the molecule is CC[N+]1=C(c2cccs2)CC(c2ccc(F)cc2)Sc2ccccc21. The van der Waals surface area contributed by atoms with Crippen molar-refractivity contribution in [3.05, 3.63) is 82.3 Å². The number of thiophene rings is 1. The molecule has 4 rings (SSSR count). The lowest BCUT2D eigenvalue weighted by atomic mass is 10.0. The molecule has 0 bridgehead atoms. The minimum absolute atomic E-state index is 0.180. The van der Waals surface area contributed by atoms with Crippen molar-refractivity contribution in [3.63, 3.8) is 0 Å². The highest BCUT2D eigenvalue weighted by molar-refractivity contribution is 7.99. The van der Waals surface area contributed by atoms with Gasteiger partial charge in [0.25, 0.3) is 0 Å². The van der Waals surface area contributed by atoms with Crippen molar-refractivity contribution in [2.75, 3.05) is 6.54 Å². The Bertz CT molecular complexity index is 898. The van der Waals surface area contributed by atoms with Crippen molar-refractivity contribution >= 4 is 34.5 Å². The van der Waals surface area contributed by atoms with E-state index in [1.165, 1.54) is 26.7 Å². The largest absolute Gasteiger partial charge is 0.219 e. The van der Waals surface area contributed by atoms with Gasteiger partial charge in [-0.25, -0.2) is 4.39 Å². The van der Waals surface area contributed by atoms with Crippen molar-refractivity contribution in [2.24, 2.45) is 0 Å². The number of rotatable bonds is 3. The second-order valence-electron chi connectivity index (χ2n) is 6.00. The number of thioether (sulfide) groups is 1. The van der Waals surface area contributed by atoms with E-state index >= 15 is 0 Å². The minimum Gasteiger partial charge on any atom is -0.207 e. The van der Waals surface area contributed by atoms with Crippen LogP contribution in [-0.2, 0) is 0 Å². The maximum atomic E-state index is 13.4. The number of halogens is 1. The lowest BCUT2D eigenvalue weighted by Crippen LogP contribution is -2.18. The minimum atomic E-state index is -0.180. The first-order valence-corrected chi connectivity index (χ1v) is 10.2. The number of para-hydroxylation sites is 1. The Kier molecular flexibility index (Phi) is 4.73. The van der Waals surface area contributed by atoms with E-state index in [4.69, 9.17) is 0 Å². The topological polar surface area (TPSA) is 3.01 Å². The number of hydrogen-bond donors (Lipinski definition) is 0. The van der Waals surface area contributed by atoms with Crippen LogP contribution in [0.2, 0.25) is 0 Å². The third-order valence-electron chi connectivity index (χ3n) is 4.49. The third kappa shape index (κ3) is 3.29. The van der Waals surface area contributed by atoms with E-state index in [0.717, 1.165) is 13.0 Å². The van der Waals surface area contributed by atoms with Gasteiger partial charge in [-0.05, 0) is 42.1 Å². The quantitative estimate of drug-likeness (QED) is 0.492. The fourth-order valence-corrected chi connectivity index (χ4v) is 5.39. The summed E-state index contributed by atoms with van der Waals surface area (Å²) in [5.74, 6) is -0.180. The van der Waals surface area contributed by atoms with Crippen LogP contribution in [0.25, 0.3) is 0 Å². The summed E-state index contributed by atoms with van der Waals surface area (Å²) in [7, 11) is 0. The molecule has 0 fully saturated rings. The molecule has 1 aliphatic heterocycles. The summed E-state index contributed by atoms with van der Waals surface area (Å²) in [6.45, 7) is 3.13. The second-order valence-corrected chi connectivity index (χ2v) is 8.19. The van der Waals surface area contributed by atoms with Crippen LogP contribution in [0.5, 0.6) is 0 Å². The van der Waals surface area contributed by atoms with Gasteiger partial charge in [0.05, 0.1) is 16.2 Å². The van der Waals surface area contributed by atoms with E-state index in [2.05, 4.69) is 53.3 Å². The zero-order valence-electron chi connectivity index (χ0n) is 14.0. The summed E-state index contributed by atoms with van der Waals surface area (Å²) in [6.07, 6.45) is 0.930. The fraction of sp³-hybridized carbons (Fsp3) is 0.190. The van der Waals surface area contributed by atoms with Gasteiger partial charge < -0.3 is 0 Å². The number of nitrogens with zero attached hydrogens (tertiary/aromatic N) is 1. The lowest BCUT2D eigenvalue weighted by molar-refractivity contribution is -0.439. The van der Waals surface area contributed by atoms with Crippen LogP contribution in [0, 0.1) is 5.82 Å². The number of benzene rings is 2. The summed E-state index contributed by atoms with van der Waals surface area (Å²) >= 11 is 3.66. The molecule has 4 heteroatoms. The summed E-state index contributed by atoms with van der Waals surface area (Å²) in [5.41, 5.74) is 3.79. The normalized spacial score (nSPS) is 17.3. The van der Waals surface area contributed by atoms with Crippen LogP contribution in [0.15, 0.2) is 70.9 Å². The maximum Gasteiger partial charge on any atom is 0.219 e. The van der Waals surface area contributed by atoms with Gasteiger partial charge in [0.2, 0.25) is 11.4 Å². The molecule has 1 aliphatic rings. The molecule has 1 aromatic heterocycles. The second kappa shape index (κ2) is 7.14. The van der Waals surface area contributed by atoms with E-state index in [-0.39, 0.29) is 11.1 Å². The molecule has 0 amide bonds. The Morgan fingerprint density at radius 1 is 1.04 bits per heavy atom. The highest BCUT2D eigenvalue weighted by Gasteiger charge is 2.31. The van der Waals surface area contributed by atoms with E-state index in [1.807, 2.05) is 23.9 Å². The van der Waals surface area contributed by atoms with Crippen LogP contribution >= 0.6 is 23.1 Å². The van der Waals surface area contributed by atoms with Crippen molar-refractivity contribution in [2.45, 2.75) is 23.5 Å². The molecule has 0 radical (unpaired) electrons. The van der Waals surface area contributed by atoms with Crippen LogP contribution in [0.3, 0.4) is 0 Å². The van der Waals surface area contributed by atoms with Gasteiger partial charge in [0, 0.05) is 11.3 Å². The molecular formula is C21H19FNS2+. The zero-order valence-corrected chi connectivity index (χ0v) is 15.6. The first kappa shape index (κ1) is 16.6. The Balaban J connectivity index is 1.87. The predicted molar refractivity (Wildman–Crippen MR) is 105 cm³/mol. The average molecular weight is 369 g/mol. The van der Waals surface area contributed by atoms with Gasteiger partial charge in [-0.15, -0.1) is 23.1 Å². The van der Waals surface area contributed by atoms with Gasteiger partial charge in [-0.1, -0.05) is 30.3 Å². The molecule has 2 aromatic carbocycles. The molecule has 1 atom stereocenters. The summed E-state index contributed by atoms with van der Waals surface area (Å²) in [4.78, 5) is 2.59. The van der Waals surface area contributed by atoms with Crippen molar-refractivity contribution in [1.82, 2.24) is 0 Å². The molecule has 25 heavy (non-hydrogen) atoms. The van der Waals surface area contributed by atoms with E-state index in [0.29, 0.717) is 0 Å². The molecule has 1 unspecified atom stereocenters. The highest BCUT2D eigenvalue weighted by Crippen LogP contribution is 2.45. The monoisotopic (exact) mass is 368 g/mol. The number of fused-ring (bicyclic) bond motifs is 1. The molecule has 0 saturated carbocycles. The van der Waals surface area contributed by atoms with Gasteiger partial charge in [-0.3, -0.25) is 0 Å². The van der Waals surface area contributed by atoms with Gasteiger partial charge in [-0.2, -0.15) is 4.58 Å². The zero-order chi connectivity index (χ0) is 17.2. The van der Waals surface area contributed by atoms with Crippen molar-refractivity contribution < 1.29 is 8.97 Å².